The number of hydrogen-bond donors (Lipinski definition) is 1. The normalized spacial score (nSPS) is 14.7. The molecule has 2 rings (SSSR count). The minimum atomic E-state index is 0.153. The molecule has 1 fully saturated rings. The molecule has 0 saturated carbocycles. The van der Waals surface area contributed by atoms with Crippen molar-refractivity contribution in [3.05, 3.63) is 48.3 Å². The number of carbonyl (C=O) groups excluding carboxylic acids is 1. The Morgan fingerprint density at radius 2 is 2.13 bits per heavy atom. The Morgan fingerprint density at radius 1 is 1.40 bits per heavy atom. The van der Waals surface area contributed by atoms with Crippen molar-refractivity contribution in [1.82, 2.24) is 10.2 Å². The Kier molecular flexibility index (Phi) is 2.72. The van der Waals surface area contributed by atoms with Gasteiger partial charge in [-0.1, -0.05) is 36.9 Å². The average Bonchev–Trinajstić information content (AvgIpc) is 2.26. The molecule has 0 atom stereocenters. The molecule has 1 aromatic rings. The molecule has 3 heteroatoms. The van der Waals surface area contributed by atoms with Crippen molar-refractivity contribution in [2.45, 2.75) is 13.0 Å². The number of hydrogen-bond acceptors (Lipinski definition) is 2. The van der Waals surface area contributed by atoms with Crippen molar-refractivity contribution in [1.29, 1.82) is 0 Å². The number of amides is 1. The van der Waals surface area contributed by atoms with Crippen molar-refractivity contribution >= 4 is 5.91 Å². The first-order valence-corrected chi connectivity index (χ1v) is 5.04. The van der Waals surface area contributed by atoms with Crippen LogP contribution in [0.4, 0.5) is 0 Å². The molecule has 1 saturated heterocycles. The van der Waals surface area contributed by atoms with E-state index in [1.165, 1.54) is 5.56 Å². The summed E-state index contributed by atoms with van der Waals surface area (Å²) in [6.45, 7) is 5.34. The summed E-state index contributed by atoms with van der Waals surface area (Å²) in [4.78, 5) is 12.8. The lowest BCUT2D eigenvalue weighted by Gasteiger charge is -2.32. The molecule has 1 amide bonds. The fourth-order valence-corrected chi connectivity index (χ4v) is 1.50. The van der Waals surface area contributed by atoms with Gasteiger partial charge in [-0.05, 0) is 5.56 Å². The number of rotatable bonds is 4. The first-order chi connectivity index (χ1) is 7.27. The van der Waals surface area contributed by atoms with Crippen molar-refractivity contribution in [2.75, 3.05) is 6.54 Å². The standard InChI is InChI=1S/C12H14N2O/c1-10(14-8-7-12(14)15)13-9-11-5-3-2-4-6-11/h2-6,13H,1,7-9H2. The van der Waals surface area contributed by atoms with E-state index in [4.69, 9.17) is 0 Å². The summed E-state index contributed by atoms with van der Waals surface area (Å²) in [7, 11) is 0. The van der Waals surface area contributed by atoms with Crippen LogP contribution in [0.15, 0.2) is 42.7 Å². The zero-order valence-electron chi connectivity index (χ0n) is 8.57. The molecule has 1 aliphatic rings. The largest absolute Gasteiger partial charge is 0.368 e. The smallest absolute Gasteiger partial charge is 0.229 e. The van der Waals surface area contributed by atoms with Gasteiger partial charge in [-0.25, -0.2) is 0 Å². The van der Waals surface area contributed by atoms with E-state index in [2.05, 4.69) is 11.9 Å². The van der Waals surface area contributed by atoms with Crippen LogP contribution in [0.25, 0.3) is 0 Å². The van der Waals surface area contributed by atoms with Gasteiger partial charge >= 0.3 is 0 Å². The SMILES string of the molecule is C=C(NCc1ccccc1)N1CCC1=O. The molecule has 0 radical (unpaired) electrons. The zero-order valence-corrected chi connectivity index (χ0v) is 8.57. The van der Waals surface area contributed by atoms with Crippen LogP contribution in [0.1, 0.15) is 12.0 Å². The maximum atomic E-state index is 11.1. The monoisotopic (exact) mass is 202 g/mol. The van der Waals surface area contributed by atoms with Crippen LogP contribution in [0.3, 0.4) is 0 Å². The molecule has 0 bridgehead atoms. The molecule has 15 heavy (non-hydrogen) atoms. The Balaban J connectivity index is 1.83. The summed E-state index contributed by atoms with van der Waals surface area (Å²) < 4.78 is 0. The van der Waals surface area contributed by atoms with E-state index in [0.29, 0.717) is 18.8 Å². The second-order valence-corrected chi connectivity index (χ2v) is 3.58. The van der Waals surface area contributed by atoms with Crippen molar-refractivity contribution < 1.29 is 4.79 Å². The van der Waals surface area contributed by atoms with Crippen LogP contribution in [-0.2, 0) is 11.3 Å². The fourth-order valence-electron chi connectivity index (χ4n) is 1.50. The highest BCUT2D eigenvalue weighted by atomic mass is 16.2. The van der Waals surface area contributed by atoms with E-state index >= 15 is 0 Å². The van der Waals surface area contributed by atoms with Gasteiger partial charge in [-0.2, -0.15) is 0 Å². The van der Waals surface area contributed by atoms with E-state index < -0.39 is 0 Å². The average molecular weight is 202 g/mol. The van der Waals surface area contributed by atoms with Gasteiger partial charge < -0.3 is 5.32 Å². The van der Waals surface area contributed by atoms with Crippen molar-refractivity contribution in [3.8, 4) is 0 Å². The lowest BCUT2D eigenvalue weighted by atomic mass is 10.2. The summed E-state index contributed by atoms with van der Waals surface area (Å²) in [5.74, 6) is 0.857. The van der Waals surface area contributed by atoms with Crippen molar-refractivity contribution in [2.24, 2.45) is 0 Å². The van der Waals surface area contributed by atoms with Gasteiger partial charge in [-0.15, -0.1) is 0 Å². The lowest BCUT2D eigenvalue weighted by Crippen LogP contribution is -2.45. The van der Waals surface area contributed by atoms with Gasteiger partial charge in [0.15, 0.2) is 0 Å². The van der Waals surface area contributed by atoms with E-state index in [9.17, 15) is 4.79 Å². The molecule has 1 aromatic carbocycles. The van der Waals surface area contributed by atoms with E-state index in [0.717, 1.165) is 6.54 Å². The number of likely N-dealkylation sites (tertiary alicyclic amines) is 1. The molecular formula is C12H14N2O. The molecule has 78 valence electrons. The Morgan fingerprint density at radius 3 is 2.67 bits per heavy atom. The number of carbonyl (C=O) groups is 1. The summed E-state index contributed by atoms with van der Waals surface area (Å²) >= 11 is 0. The van der Waals surface area contributed by atoms with Crippen LogP contribution in [0.5, 0.6) is 0 Å². The summed E-state index contributed by atoms with van der Waals surface area (Å²) in [6, 6.07) is 10.1. The van der Waals surface area contributed by atoms with Gasteiger partial charge in [0.1, 0.15) is 5.82 Å². The highest BCUT2D eigenvalue weighted by molar-refractivity contribution is 5.83. The third-order valence-corrected chi connectivity index (χ3v) is 2.52. The molecule has 0 unspecified atom stereocenters. The number of nitrogens with one attached hydrogen (secondary N) is 1. The van der Waals surface area contributed by atoms with Crippen LogP contribution >= 0.6 is 0 Å². The highest BCUT2D eigenvalue weighted by Gasteiger charge is 2.25. The lowest BCUT2D eigenvalue weighted by molar-refractivity contribution is -0.137. The first kappa shape index (κ1) is 9.77. The van der Waals surface area contributed by atoms with Crippen molar-refractivity contribution in [3.63, 3.8) is 0 Å². The van der Waals surface area contributed by atoms with Crippen LogP contribution in [-0.4, -0.2) is 17.4 Å². The Labute approximate surface area is 89.4 Å². The molecular weight excluding hydrogens is 188 g/mol. The number of β-lactam (4-membered cyclic amide) rings is 1. The second kappa shape index (κ2) is 4.17. The Bertz CT molecular complexity index is 372. The van der Waals surface area contributed by atoms with Gasteiger partial charge in [0.05, 0.1) is 0 Å². The van der Waals surface area contributed by atoms with Gasteiger partial charge in [-0.3, -0.25) is 9.69 Å². The van der Waals surface area contributed by atoms with Crippen LogP contribution in [0, 0.1) is 0 Å². The van der Waals surface area contributed by atoms with E-state index in [1.807, 2.05) is 30.3 Å². The van der Waals surface area contributed by atoms with Crippen LogP contribution in [0.2, 0.25) is 0 Å². The third kappa shape index (κ3) is 2.18. The minimum Gasteiger partial charge on any atom is -0.368 e. The summed E-state index contributed by atoms with van der Waals surface area (Å²) in [5.41, 5.74) is 1.19. The Hall–Kier alpha value is -1.77. The van der Waals surface area contributed by atoms with Crippen LogP contribution < -0.4 is 5.32 Å². The molecule has 1 heterocycles. The quantitative estimate of drug-likeness (QED) is 0.750. The highest BCUT2D eigenvalue weighted by Crippen LogP contribution is 2.13. The number of nitrogens with zero attached hydrogens (tertiary/aromatic N) is 1. The maximum absolute atomic E-state index is 11.1. The molecule has 1 aliphatic heterocycles. The molecule has 0 aliphatic carbocycles. The predicted octanol–water partition coefficient (Wildman–Crippen LogP) is 1.48. The van der Waals surface area contributed by atoms with Gasteiger partial charge in [0.2, 0.25) is 5.91 Å². The van der Waals surface area contributed by atoms with Gasteiger partial charge in [0.25, 0.3) is 0 Å². The topological polar surface area (TPSA) is 32.3 Å². The minimum absolute atomic E-state index is 0.153. The molecule has 1 N–H and O–H groups in total. The molecule has 0 spiro atoms. The molecule has 3 nitrogen and oxygen atoms in total. The van der Waals surface area contributed by atoms with E-state index in [-0.39, 0.29) is 5.91 Å². The van der Waals surface area contributed by atoms with E-state index in [1.54, 1.807) is 4.90 Å². The zero-order chi connectivity index (χ0) is 10.7. The second-order valence-electron chi connectivity index (χ2n) is 3.58. The molecule has 0 aromatic heterocycles. The third-order valence-electron chi connectivity index (χ3n) is 2.52. The maximum Gasteiger partial charge on any atom is 0.229 e. The predicted molar refractivity (Wildman–Crippen MR) is 58.8 cm³/mol. The first-order valence-electron chi connectivity index (χ1n) is 5.04. The summed E-state index contributed by atoms with van der Waals surface area (Å²) in [6.07, 6.45) is 0.645. The fraction of sp³-hybridized carbons (Fsp3) is 0.250. The summed E-state index contributed by atoms with van der Waals surface area (Å²) in [5, 5.41) is 3.14. The number of benzene rings is 1. The van der Waals surface area contributed by atoms with Gasteiger partial charge in [0, 0.05) is 19.5 Å².